The summed E-state index contributed by atoms with van der Waals surface area (Å²) in [7, 11) is 2.18. The van der Waals surface area contributed by atoms with Crippen molar-refractivity contribution in [2.24, 2.45) is 0 Å². The van der Waals surface area contributed by atoms with Gasteiger partial charge in [-0.15, -0.1) is 0 Å². The van der Waals surface area contributed by atoms with Crippen LogP contribution in [0.2, 0.25) is 0 Å². The minimum Gasteiger partial charge on any atom is -0.375 e. The largest absolute Gasteiger partial charge is 0.375 e. The van der Waals surface area contributed by atoms with E-state index < -0.39 is 0 Å². The van der Waals surface area contributed by atoms with E-state index in [1.165, 1.54) is 19.5 Å². The Hall–Kier alpha value is -0.500. The van der Waals surface area contributed by atoms with Gasteiger partial charge in [0.2, 0.25) is 0 Å². The Kier molecular flexibility index (Phi) is 3.60. The van der Waals surface area contributed by atoms with Gasteiger partial charge in [0.15, 0.2) is 0 Å². The summed E-state index contributed by atoms with van der Waals surface area (Å²) in [6.45, 7) is 7.99. The van der Waals surface area contributed by atoms with Crippen LogP contribution in [-0.4, -0.2) is 42.5 Å². The van der Waals surface area contributed by atoms with Crippen LogP contribution in [0.15, 0.2) is 12.3 Å². The van der Waals surface area contributed by atoms with Gasteiger partial charge < -0.3 is 9.80 Å². The van der Waals surface area contributed by atoms with Crippen molar-refractivity contribution in [2.45, 2.75) is 26.3 Å². The molecule has 0 saturated carbocycles. The predicted molar refractivity (Wildman–Crippen MR) is 53.1 cm³/mol. The van der Waals surface area contributed by atoms with Crippen molar-refractivity contribution in [3.63, 3.8) is 0 Å². The molecule has 0 saturated heterocycles. The van der Waals surface area contributed by atoms with Gasteiger partial charge in [0.25, 0.3) is 0 Å². The predicted octanol–water partition coefficient (Wildman–Crippen LogP) is 1.55. The fourth-order valence-corrected chi connectivity index (χ4v) is 1.48. The first-order valence-electron chi connectivity index (χ1n) is 4.81. The molecule has 0 N–H and O–H groups in total. The van der Waals surface area contributed by atoms with E-state index in [-0.39, 0.29) is 0 Å². The van der Waals surface area contributed by atoms with E-state index in [1.807, 2.05) is 0 Å². The third-order valence-electron chi connectivity index (χ3n) is 2.33. The maximum absolute atomic E-state index is 2.41. The Balaban J connectivity index is 2.46. The Morgan fingerprint density at radius 2 is 2.00 bits per heavy atom. The van der Waals surface area contributed by atoms with Gasteiger partial charge in [-0.25, -0.2) is 0 Å². The minimum absolute atomic E-state index is 0.643. The Morgan fingerprint density at radius 1 is 1.25 bits per heavy atom. The van der Waals surface area contributed by atoms with E-state index in [4.69, 9.17) is 0 Å². The van der Waals surface area contributed by atoms with E-state index in [0.29, 0.717) is 6.04 Å². The molecule has 0 amide bonds. The van der Waals surface area contributed by atoms with Crippen molar-refractivity contribution in [1.29, 1.82) is 0 Å². The van der Waals surface area contributed by atoms with Gasteiger partial charge in [-0.2, -0.15) is 0 Å². The van der Waals surface area contributed by atoms with Gasteiger partial charge in [-0.1, -0.05) is 6.08 Å². The molecule has 0 aliphatic carbocycles. The van der Waals surface area contributed by atoms with Crippen LogP contribution in [0.1, 0.15) is 20.3 Å². The van der Waals surface area contributed by atoms with Gasteiger partial charge in [0, 0.05) is 19.1 Å². The highest BCUT2D eigenvalue weighted by Crippen LogP contribution is 2.04. The molecule has 2 nitrogen and oxygen atoms in total. The Labute approximate surface area is 75.8 Å². The monoisotopic (exact) mass is 168 g/mol. The van der Waals surface area contributed by atoms with Gasteiger partial charge >= 0.3 is 0 Å². The third kappa shape index (κ3) is 2.86. The fourth-order valence-electron chi connectivity index (χ4n) is 1.48. The summed E-state index contributed by atoms with van der Waals surface area (Å²) in [6, 6.07) is 0.643. The van der Waals surface area contributed by atoms with Gasteiger partial charge in [-0.05, 0) is 40.1 Å². The molecule has 0 aromatic rings. The highest BCUT2D eigenvalue weighted by molar-refractivity contribution is 4.88. The highest BCUT2D eigenvalue weighted by Gasteiger charge is 2.06. The van der Waals surface area contributed by atoms with Crippen LogP contribution in [0, 0.1) is 0 Å². The van der Waals surface area contributed by atoms with Crippen molar-refractivity contribution in [1.82, 2.24) is 9.80 Å². The molecule has 0 unspecified atom stereocenters. The quantitative estimate of drug-likeness (QED) is 0.586. The van der Waals surface area contributed by atoms with Crippen molar-refractivity contribution < 1.29 is 0 Å². The fraction of sp³-hybridized carbons (Fsp3) is 0.800. The number of hydrogen-bond donors (Lipinski definition) is 0. The van der Waals surface area contributed by atoms with E-state index >= 15 is 0 Å². The van der Waals surface area contributed by atoms with E-state index in [2.05, 4.69) is 43.0 Å². The molecule has 0 fully saturated rings. The molecule has 1 rings (SSSR count). The molecule has 1 heterocycles. The molecule has 0 aromatic carbocycles. The summed E-state index contributed by atoms with van der Waals surface area (Å²) >= 11 is 0. The first kappa shape index (κ1) is 9.59. The molecule has 1 aliphatic heterocycles. The first-order chi connectivity index (χ1) is 5.70. The second-order valence-electron chi connectivity index (χ2n) is 3.83. The van der Waals surface area contributed by atoms with Crippen molar-refractivity contribution in [2.75, 3.05) is 26.7 Å². The average molecular weight is 168 g/mol. The van der Waals surface area contributed by atoms with Crippen LogP contribution in [0.3, 0.4) is 0 Å². The topological polar surface area (TPSA) is 6.48 Å². The molecular weight excluding hydrogens is 148 g/mol. The van der Waals surface area contributed by atoms with Crippen LogP contribution < -0.4 is 0 Å². The van der Waals surface area contributed by atoms with Crippen LogP contribution >= 0.6 is 0 Å². The lowest BCUT2D eigenvalue weighted by Crippen LogP contribution is -2.32. The molecule has 70 valence electrons. The maximum Gasteiger partial charge on any atom is 0.0227 e. The molecule has 0 atom stereocenters. The second kappa shape index (κ2) is 4.51. The van der Waals surface area contributed by atoms with Crippen LogP contribution in [-0.2, 0) is 0 Å². The molecule has 1 aliphatic rings. The van der Waals surface area contributed by atoms with E-state index in [1.54, 1.807) is 0 Å². The van der Waals surface area contributed by atoms with Crippen molar-refractivity contribution in [3.8, 4) is 0 Å². The molecule has 12 heavy (non-hydrogen) atoms. The molecule has 0 radical (unpaired) electrons. The first-order valence-corrected chi connectivity index (χ1v) is 4.81. The van der Waals surface area contributed by atoms with E-state index in [0.717, 1.165) is 6.54 Å². The summed E-state index contributed by atoms with van der Waals surface area (Å²) in [5.41, 5.74) is 0. The lowest BCUT2D eigenvalue weighted by atomic mass is 10.2. The van der Waals surface area contributed by atoms with E-state index in [9.17, 15) is 0 Å². The maximum atomic E-state index is 2.41. The van der Waals surface area contributed by atoms with Gasteiger partial charge in [0.05, 0.1) is 0 Å². The average Bonchev–Trinajstić information content (AvgIpc) is 1.95. The summed E-state index contributed by atoms with van der Waals surface area (Å²) < 4.78 is 0. The molecule has 0 bridgehead atoms. The smallest absolute Gasteiger partial charge is 0.0227 e. The highest BCUT2D eigenvalue weighted by atomic mass is 15.2. The summed E-state index contributed by atoms with van der Waals surface area (Å²) in [5, 5.41) is 0. The summed E-state index contributed by atoms with van der Waals surface area (Å²) in [6.07, 6.45) is 5.76. The van der Waals surface area contributed by atoms with Crippen LogP contribution in [0.4, 0.5) is 0 Å². The Bertz CT molecular complexity index is 152. The second-order valence-corrected chi connectivity index (χ2v) is 3.83. The zero-order valence-corrected chi connectivity index (χ0v) is 8.45. The molecular formula is C10H20N2. The number of rotatable bonds is 1. The lowest BCUT2D eigenvalue weighted by Gasteiger charge is -2.28. The molecule has 0 aromatic heterocycles. The third-order valence-corrected chi connectivity index (χ3v) is 2.33. The number of hydrogen-bond acceptors (Lipinski definition) is 2. The Morgan fingerprint density at radius 3 is 2.67 bits per heavy atom. The number of nitrogens with zero attached hydrogens (tertiary/aromatic N) is 2. The van der Waals surface area contributed by atoms with Crippen LogP contribution in [0.5, 0.6) is 0 Å². The summed E-state index contributed by atoms with van der Waals surface area (Å²) in [5.74, 6) is 0. The number of likely N-dealkylation sites (N-methyl/N-ethyl adjacent to an activating group) is 1. The SMILES string of the molecule is CC(C)N1/C=C\CN(C)CCC1. The standard InChI is InChI=1S/C10H20N2/c1-10(2)12-8-4-6-11(3)7-5-9-12/h4,8,10H,5-7,9H2,1-3H3/b8-4-. The van der Waals surface area contributed by atoms with Gasteiger partial charge in [0.1, 0.15) is 0 Å². The molecule has 0 spiro atoms. The minimum atomic E-state index is 0.643. The zero-order valence-electron chi connectivity index (χ0n) is 8.45. The van der Waals surface area contributed by atoms with Crippen LogP contribution in [0.25, 0.3) is 0 Å². The summed E-state index contributed by atoms with van der Waals surface area (Å²) in [4.78, 5) is 4.77. The molecule has 2 heteroatoms. The van der Waals surface area contributed by atoms with Crippen molar-refractivity contribution >= 4 is 0 Å². The van der Waals surface area contributed by atoms with Crippen molar-refractivity contribution in [3.05, 3.63) is 12.3 Å². The zero-order chi connectivity index (χ0) is 8.97. The van der Waals surface area contributed by atoms with Gasteiger partial charge in [-0.3, -0.25) is 0 Å². The lowest BCUT2D eigenvalue weighted by molar-refractivity contribution is 0.263. The normalized spacial score (nSPS) is 23.8.